The highest BCUT2D eigenvalue weighted by atomic mass is 79.9. The van der Waals surface area contributed by atoms with Crippen molar-refractivity contribution in [3.8, 4) is 0 Å². The van der Waals surface area contributed by atoms with E-state index in [1.54, 1.807) is 6.08 Å². The van der Waals surface area contributed by atoms with Gasteiger partial charge < -0.3 is 0 Å². The van der Waals surface area contributed by atoms with Crippen LogP contribution in [-0.2, 0) is 0 Å². The zero-order chi connectivity index (χ0) is 7.56. The Morgan fingerprint density at radius 1 is 1.50 bits per heavy atom. The first-order valence-electron chi connectivity index (χ1n) is 2.64. The molecule has 0 saturated heterocycles. The minimum absolute atomic E-state index is 0.190. The van der Waals surface area contributed by atoms with Crippen molar-refractivity contribution in [2.45, 2.75) is 6.42 Å². The number of allylic oxidation sites excluding steroid dienone is 3. The standard InChI is InChI=1S/C6H4Br2FN/c7-5-2-1-4(9)3-6(8)10-5/h2-3H,1H2. The lowest BCUT2D eigenvalue weighted by Crippen LogP contribution is -1.77. The van der Waals surface area contributed by atoms with Crippen LogP contribution >= 0.6 is 31.9 Å². The van der Waals surface area contributed by atoms with Crippen molar-refractivity contribution < 1.29 is 4.39 Å². The average Bonchev–Trinajstić information content (AvgIpc) is 1.93. The maximum Gasteiger partial charge on any atom is 0.109 e. The normalized spacial score (nSPS) is 18.9. The quantitative estimate of drug-likeness (QED) is 0.598. The Bertz CT molecular complexity index is 230. The average molecular weight is 269 g/mol. The summed E-state index contributed by atoms with van der Waals surface area (Å²) in [6, 6.07) is 0. The molecule has 0 radical (unpaired) electrons. The molecule has 0 N–H and O–H groups in total. The second kappa shape index (κ2) is 3.44. The van der Waals surface area contributed by atoms with Gasteiger partial charge in [0.25, 0.3) is 0 Å². The molecule has 0 atom stereocenters. The third-order valence-electron chi connectivity index (χ3n) is 0.955. The van der Waals surface area contributed by atoms with Gasteiger partial charge >= 0.3 is 0 Å². The number of nitrogens with zero attached hydrogens (tertiary/aromatic N) is 1. The number of hydrogen-bond acceptors (Lipinski definition) is 1. The van der Waals surface area contributed by atoms with Crippen LogP contribution in [0.5, 0.6) is 0 Å². The van der Waals surface area contributed by atoms with Gasteiger partial charge in [-0.1, -0.05) is 0 Å². The fraction of sp³-hybridized carbons (Fsp3) is 0.167. The van der Waals surface area contributed by atoms with Gasteiger partial charge in [-0.05, 0) is 37.9 Å². The van der Waals surface area contributed by atoms with E-state index in [1.165, 1.54) is 6.08 Å². The van der Waals surface area contributed by atoms with Gasteiger partial charge in [0, 0.05) is 12.5 Å². The molecule has 0 aromatic heterocycles. The topological polar surface area (TPSA) is 12.4 Å². The Hall–Kier alpha value is 0.0400. The van der Waals surface area contributed by atoms with Gasteiger partial charge in [0.05, 0.1) is 0 Å². The van der Waals surface area contributed by atoms with Crippen molar-refractivity contribution in [3.63, 3.8) is 0 Å². The van der Waals surface area contributed by atoms with Crippen LogP contribution in [0, 0.1) is 0 Å². The molecule has 0 amide bonds. The minimum Gasteiger partial charge on any atom is -0.234 e. The summed E-state index contributed by atoms with van der Waals surface area (Å²) in [6.45, 7) is 0. The lowest BCUT2D eigenvalue weighted by molar-refractivity contribution is 0.620. The fourth-order valence-corrected chi connectivity index (χ4v) is 1.58. The van der Waals surface area contributed by atoms with Crippen molar-refractivity contribution in [3.05, 3.63) is 22.6 Å². The molecule has 1 heterocycles. The molecule has 1 nitrogen and oxygen atoms in total. The smallest absolute Gasteiger partial charge is 0.109 e. The number of hydrogen-bond donors (Lipinski definition) is 0. The van der Waals surface area contributed by atoms with Crippen LogP contribution in [0.1, 0.15) is 6.42 Å². The third-order valence-corrected chi connectivity index (χ3v) is 1.86. The summed E-state index contributed by atoms with van der Waals surface area (Å²) < 4.78 is 13.7. The van der Waals surface area contributed by atoms with Crippen LogP contribution in [0.3, 0.4) is 0 Å². The van der Waals surface area contributed by atoms with E-state index in [2.05, 4.69) is 36.9 Å². The van der Waals surface area contributed by atoms with Crippen molar-refractivity contribution in [2.75, 3.05) is 0 Å². The monoisotopic (exact) mass is 267 g/mol. The number of halogens is 3. The highest BCUT2D eigenvalue weighted by Crippen LogP contribution is 2.18. The zero-order valence-electron chi connectivity index (χ0n) is 4.94. The zero-order valence-corrected chi connectivity index (χ0v) is 8.11. The first kappa shape index (κ1) is 8.14. The van der Waals surface area contributed by atoms with E-state index in [0.29, 0.717) is 15.6 Å². The van der Waals surface area contributed by atoms with Gasteiger partial charge in [-0.25, -0.2) is 9.38 Å². The van der Waals surface area contributed by atoms with Gasteiger partial charge in [-0.2, -0.15) is 0 Å². The van der Waals surface area contributed by atoms with E-state index in [9.17, 15) is 4.39 Å². The highest BCUT2D eigenvalue weighted by molar-refractivity contribution is 9.18. The van der Waals surface area contributed by atoms with Crippen LogP contribution in [0.4, 0.5) is 4.39 Å². The van der Waals surface area contributed by atoms with Crippen molar-refractivity contribution in [2.24, 2.45) is 4.99 Å². The Morgan fingerprint density at radius 3 is 2.90 bits per heavy atom. The molecule has 0 aliphatic carbocycles. The van der Waals surface area contributed by atoms with E-state index in [-0.39, 0.29) is 5.83 Å². The molecular formula is C6H4Br2FN. The van der Waals surface area contributed by atoms with Crippen molar-refractivity contribution in [1.82, 2.24) is 0 Å². The van der Waals surface area contributed by atoms with Crippen LogP contribution in [-0.4, -0.2) is 4.62 Å². The molecule has 54 valence electrons. The molecule has 4 heteroatoms. The molecule has 0 aromatic carbocycles. The maximum atomic E-state index is 12.6. The fourth-order valence-electron chi connectivity index (χ4n) is 0.550. The lowest BCUT2D eigenvalue weighted by atomic mass is 10.3. The van der Waals surface area contributed by atoms with Gasteiger partial charge in [-0.15, -0.1) is 0 Å². The van der Waals surface area contributed by atoms with Crippen LogP contribution in [0.25, 0.3) is 0 Å². The first-order valence-corrected chi connectivity index (χ1v) is 4.23. The largest absolute Gasteiger partial charge is 0.234 e. The van der Waals surface area contributed by atoms with Gasteiger partial charge in [0.1, 0.15) is 15.1 Å². The number of rotatable bonds is 0. The summed E-state index contributed by atoms with van der Waals surface area (Å²) >= 11 is 6.23. The summed E-state index contributed by atoms with van der Waals surface area (Å²) in [5, 5.41) is 0. The van der Waals surface area contributed by atoms with E-state index in [1.807, 2.05) is 0 Å². The Morgan fingerprint density at radius 2 is 2.20 bits per heavy atom. The predicted molar refractivity (Wildman–Crippen MR) is 47.2 cm³/mol. The second-order valence-corrected chi connectivity index (χ2v) is 3.38. The highest BCUT2D eigenvalue weighted by Gasteiger charge is 2.01. The van der Waals surface area contributed by atoms with E-state index < -0.39 is 0 Å². The van der Waals surface area contributed by atoms with Gasteiger partial charge in [0.15, 0.2) is 0 Å². The summed E-state index contributed by atoms with van der Waals surface area (Å²) in [5.74, 6) is -0.190. The Balaban J connectivity index is 2.90. The molecule has 1 aliphatic rings. The van der Waals surface area contributed by atoms with Crippen LogP contribution < -0.4 is 0 Å². The molecule has 0 aromatic rings. The molecule has 0 fully saturated rings. The lowest BCUT2D eigenvalue weighted by Gasteiger charge is -1.84. The maximum absolute atomic E-state index is 12.6. The molecular weight excluding hydrogens is 265 g/mol. The van der Waals surface area contributed by atoms with Gasteiger partial charge in [0.2, 0.25) is 0 Å². The van der Waals surface area contributed by atoms with E-state index in [4.69, 9.17) is 0 Å². The molecule has 1 rings (SSSR count). The van der Waals surface area contributed by atoms with E-state index in [0.717, 1.165) is 0 Å². The predicted octanol–water partition coefficient (Wildman–Crippen LogP) is 3.27. The summed E-state index contributed by atoms with van der Waals surface area (Å²) in [5.41, 5.74) is 0. The van der Waals surface area contributed by atoms with Gasteiger partial charge in [-0.3, -0.25) is 0 Å². The molecule has 10 heavy (non-hydrogen) atoms. The number of aliphatic imine (C=N–C) groups is 1. The third kappa shape index (κ3) is 2.34. The second-order valence-electron chi connectivity index (χ2n) is 1.76. The van der Waals surface area contributed by atoms with Crippen LogP contribution in [0.15, 0.2) is 27.6 Å². The molecule has 0 saturated carbocycles. The summed E-state index contributed by atoms with van der Waals surface area (Å²) in [4.78, 5) is 3.92. The molecule has 0 spiro atoms. The first-order chi connectivity index (χ1) is 4.68. The van der Waals surface area contributed by atoms with Crippen molar-refractivity contribution >= 4 is 36.5 Å². The molecule has 1 aliphatic heterocycles. The summed E-state index contributed by atoms with van der Waals surface area (Å²) in [6.07, 6.45) is 3.32. The minimum atomic E-state index is -0.190. The Kier molecular flexibility index (Phi) is 2.80. The van der Waals surface area contributed by atoms with Crippen molar-refractivity contribution in [1.29, 1.82) is 0 Å². The van der Waals surface area contributed by atoms with Crippen LogP contribution in [0.2, 0.25) is 0 Å². The molecule has 0 bridgehead atoms. The SMILES string of the molecule is FC1=CC(Br)=NC(Br)=CC1. The summed E-state index contributed by atoms with van der Waals surface area (Å²) in [7, 11) is 0. The Labute approximate surface area is 75.0 Å². The molecule has 0 unspecified atom stereocenters. The van der Waals surface area contributed by atoms with E-state index >= 15 is 0 Å².